The minimum atomic E-state index is -0.871. The second-order valence-electron chi connectivity index (χ2n) is 11.6. The first kappa shape index (κ1) is 28.7. The third kappa shape index (κ3) is 8.55. The number of alkyl carbamates (subject to hydrolysis) is 1. The number of aryl methyl sites for hydroxylation is 1. The predicted octanol–water partition coefficient (Wildman–Crippen LogP) is 5.28. The van der Waals surface area contributed by atoms with Gasteiger partial charge in [-0.2, -0.15) is 0 Å². The van der Waals surface area contributed by atoms with Gasteiger partial charge in [0.25, 0.3) is 0 Å². The molecule has 0 spiro atoms. The minimum absolute atomic E-state index is 0.114. The third-order valence-corrected chi connectivity index (χ3v) is 6.23. The highest BCUT2D eigenvalue weighted by atomic mass is 16.6. The van der Waals surface area contributed by atoms with Gasteiger partial charge in [0.15, 0.2) is 0 Å². The largest absolute Gasteiger partial charge is 0.444 e. The van der Waals surface area contributed by atoms with Crippen molar-refractivity contribution in [1.82, 2.24) is 15.5 Å². The van der Waals surface area contributed by atoms with Gasteiger partial charge in [0.2, 0.25) is 11.8 Å². The lowest BCUT2D eigenvalue weighted by atomic mass is 9.92. The maximum atomic E-state index is 13.8. The number of ether oxygens (including phenoxy) is 1. The fraction of sp³-hybridized carbons (Fsp3) is 0.679. The van der Waals surface area contributed by atoms with E-state index in [0.29, 0.717) is 0 Å². The molecule has 2 unspecified atom stereocenters. The summed E-state index contributed by atoms with van der Waals surface area (Å²) in [5, 5.41) is 5.87. The van der Waals surface area contributed by atoms with E-state index >= 15 is 0 Å². The summed E-state index contributed by atoms with van der Waals surface area (Å²) in [5.41, 5.74) is 0.552. The highest BCUT2D eigenvalue weighted by Crippen LogP contribution is 2.31. The molecule has 2 atom stereocenters. The average Bonchev–Trinajstić information content (AvgIpc) is 2.75. The Bertz CT molecular complexity index is 862. The van der Waals surface area contributed by atoms with Crippen LogP contribution in [-0.2, 0) is 20.7 Å². The van der Waals surface area contributed by atoms with Crippen molar-refractivity contribution in [2.24, 2.45) is 0 Å². The summed E-state index contributed by atoms with van der Waals surface area (Å²) in [4.78, 5) is 41.6. The monoisotopic (exact) mass is 487 g/mol. The van der Waals surface area contributed by atoms with Gasteiger partial charge < -0.3 is 20.3 Å². The molecule has 1 aromatic carbocycles. The number of carbonyl (C=O) groups excluding carboxylic acids is 3. The van der Waals surface area contributed by atoms with E-state index < -0.39 is 29.3 Å². The van der Waals surface area contributed by atoms with Gasteiger partial charge in [-0.1, -0.05) is 50.5 Å². The average molecular weight is 488 g/mol. The van der Waals surface area contributed by atoms with Crippen molar-refractivity contribution < 1.29 is 19.1 Å². The number of nitrogens with zero attached hydrogens (tertiary/aromatic N) is 1. The second kappa shape index (κ2) is 11.9. The normalized spacial score (nSPS) is 16.7. The van der Waals surface area contributed by atoms with Crippen LogP contribution in [0.3, 0.4) is 0 Å². The lowest BCUT2D eigenvalue weighted by molar-refractivity contribution is -0.148. The van der Waals surface area contributed by atoms with E-state index in [-0.39, 0.29) is 17.9 Å². The van der Waals surface area contributed by atoms with Gasteiger partial charge in [-0.05, 0) is 78.9 Å². The number of benzene rings is 1. The summed E-state index contributed by atoms with van der Waals surface area (Å²) in [5.74, 6) is -0.527. The van der Waals surface area contributed by atoms with E-state index in [1.807, 2.05) is 45.0 Å². The van der Waals surface area contributed by atoms with Crippen molar-refractivity contribution in [1.29, 1.82) is 0 Å². The van der Waals surface area contributed by atoms with Crippen LogP contribution >= 0.6 is 0 Å². The van der Waals surface area contributed by atoms with Crippen LogP contribution in [-0.4, -0.2) is 46.0 Å². The van der Waals surface area contributed by atoms with Gasteiger partial charge in [-0.25, -0.2) is 4.79 Å². The van der Waals surface area contributed by atoms with E-state index in [4.69, 9.17) is 4.74 Å². The maximum absolute atomic E-state index is 13.8. The quantitative estimate of drug-likeness (QED) is 0.548. The van der Waals surface area contributed by atoms with Gasteiger partial charge in [0.1, 0.15) is 17.7 Å². The molecule has 1 aromatic rings. The van der Waals surface area contributed by atoms with Crippen molar-refractivity contribution in [2.75, 3.05) is 0 Å². The standard InChI is InChI=1S/C28H45N3O4/c1-9-20-15-17-21(18-16-20)23(24(32)30-22-13-11-10-12-14-22)31(27(3,4)5)25(33)19(2)29-26(34)35-28(6,7)8/h15-19,22-23H,9-14H2,1-8H3,(H,29,34)(H,30,32). The number of nitrogens with one attached hydrogen (secondary N) is 2. The number of hydrogen-bond acceptors (Lipinski definition) is 4. The fourth-order valence-electron chi connectivity index (χ4n) is 4.48. The van der Waals surface area contributed by atoms with Gasteiger partial charge in [0.05, 0.1) is 0 Å². The summed E-state index contributed by atoms with van der Waals surface area (Å²) >= 11 is 0. The minimum Gasteiger partial charge on any atom is -0.444 e. The first-order valence-corrected chi connectivity index (χ1v) is 12.9. The molecule has 0 aliphatic heterocycles. The van der Waals surface area contributed by atoms with E-state index in [1.165, 1.54) is 6.42 Å². The van der Waals surface area contributed by atoms with Gasteiger partial charge >= 0.3 is 6.09 Å². The molecule has 0 aromatic heterocycles. The summed E-state index contributed by atoms with van der Waals surface area (Å²) < 4.78 is 5.34. The maximum Gasteiger partial charge on any atom is 0.408 e. The number of hydrogen-bond donors (Lipinski definition) is 2. The fourth-order valence-corrected chi connectivity index (χ4v) is 4.48. The Morgan fingerprint density at radius 2 is 1.57 bits per heavy atom. The van der Waals surface area contributed by atoms with E-state index in [9.17, 15) is 14.4 Å². The zero-order valence-electron chi connectivity index (χ0n) is 22.9. The summed E-state index contributed by atoms with van der Waals surface area (Å²) in [7, 11) is 0. The molecular formula is C28H45N3O4. The second-order valence-corrected chi connectivity index (χ2v) is 11.6. The molecule has 2 N–H and O–H groups in total. The lowest BCUT2D eigenvalue weighted by Gasteiger charge is -2.43. The smallest absolute Gasteiger partial charge is 0.408 e. The van der Waals surface area contributed by atoms with Crippen LogP contribution in [0.5, 0.6) is 0 Å². The van der Waals surface area contributed by atoms with Crippen LogP contribution in [0.4, 0.5) is 4.79 Å². The molecule has 7 heteroatoms. The molecule has 1 saturated carbocycles. The van der Waals surface area contributed by atoms with Crippen LogP contribution < -0.4 is 10.6 Å². The predicted molar refractivity (Wildman–Crippen MR) is 139 cm³/mol. The van der Waals surface area contributed by atoms with Crippen LogP contribution in [0.1, 0.15) is 105 Å². The molecule has 0 saturated heterocycles. The van der Waals surface area contributed by atoms with Crippen molar-refractivity contribution in [3.63, 3.8) is 0 Å². The molecule has 1 aliphatic carbocycles. The topological polar surface area (TPSA) is 87.7 Å². The Kier molecular flexibility index (Phi) is 9.76. The molecule has 7 nitrogen and oxygen atoms in total. The van der Waals surface area contributed by atoms with E-state index in [0.717, 1.165) is 43.2 Å². The first-order valence-electron chi connectivity index (χ1n) is 12.9. The Morgan fingerprint density at radius 1 is 1.00 bits per heavy atom. The molecule has 0 radical (unpaired) electrons. The molecule has 1 fully saturated rings. The molecule has 0 bridgehead atoms. The van der Waals surface area contributed by atoms with Crippen LogP contribution in [0.15, 0.2) is 24.3 Å². The molecule has 35 heavy (non-hydrogen) atoms. The molecule has 2 rings (SSSR count). The van der Waals surface area contributed by atoms with E-state index in [2.05, 4.69) is 17.6 Å². The SMILES string of the molecule is CCc1ccc(C(C(=O)NC2CCCCC2)N(C(=O)C(C)NC(=O)OC(C)(C)C)C(C)(C)C)cc1. The highest BCUT2D eigenvalue weighted by molar-refractivity contribution is 5.92. The Morgan fingerprint density at radius 3 is 2.06 bits per heavy atom. The van der Waals surface area contributed by atoms with Crippen LogP contribution in [0.25, 0.3) is 0 Å². The Balaban J connectivity index is 2.40. The lowest BCUT2D eigenvalue weighted by Crippen LogP contribution is -2.58. The van der Waals surface area contributed by atoms with Crippen molar-refractivity contribution >= 4 is 17.9 Å². The first-order chi connectivity index (χ1) is 16.2. The highest BCUT2D eigenvalue weighted by Gasteiger charge is 2.41. The molecule has 1 aliphatic rings. The van der Waals surface area contributed by atoms with E-state index in [1.54, 1.807) is 32.6 Å². The zero-order valence-corrected chi connectivity index (χ0v) is 22.9. The summed E-state index contributed by atoms with van der Waals surface area (Å²) in [6.45, 7) is 14.7. The molecular weight excluding hydrogens is 442 g/mol. The zero-order chi connectivity index (χ0) is 26.4. The third-order valence-electron chi connectivity index (χ3n) is 6.23. The van der Waals surface area contributed by atoms with Gasteiger partial charge in [-0.3, -0.25) is 9.59 Å². The molecule has 3 amide bonds. The Hall–Kier alpha value is -2.57. The molecule has 0 heterocycles. The van der Waals surface area contributed by atoms with Gasteiger partial charge in [-0.15, -0.1) is 0 Å². The van der Waals surface area contributed by atoms with Crippen molar-refractivity contribution in [3.05, 3.63) is 35.4 Å². The number of amides is 3. The van der Waals surface area contributed by atoms with Crippen molar-refractivity contribution in [2.45, 2.75) is 123 Å². The van der Waals surface area contributed by atoms with Crippen LogP contribution in [0.2, 0.25) is 0 Å². The number of carbonyl (C=O) groups is 3. The number of rotatable bonds is 7. The van der Waals surface area contributed by atoms with Crippen molar-refractivity contribution in [3.8, 4) is 0 Å². The summed E-state index contributed by atoms with van der Waals surface area (Å²) in [6.07, 6.45) is 5.51. The summed E-state index contributed by atoms with van der Waals surface area (Å²) in [6, 6.07) is 6.29. The Labute approximate surface area is 211 Å². The van der Waals surface area contributed by atoms with Crippen LogP contribution in [0, 0.1) is 0 Å². The van der Waals surface area contributed by atoms with Gasteiger partial charge in [0, 0.05) is 11.6 Å². The molecule has 196 valence electrons.